The molecule has 0 aliphatic heterocycles. The van der Waals surface area contributed by atoms with E-state index in [1.165, 1.54) is 6.92 Å². The van der Waals surface area contributed by atoms with E-state index in [1.807, 2.05) is 42.5 Å². The molecule has 0 saturated heterocycles. The van der Waals surface area contributed by atoms with Crippen LogP contribution in [0.5, 0.6) is 0 Å². The Morgan fingerprint density at radius 3 is 2.68 bits per heavy atom. The third kappa shape index (κ3) is 4.14. The first-order valence-electron chi connectivity index (χ1n) is 7.73. The van der Waals surface area contributed by atoms with Crippen molar-refractivity contribution in [2.75, 3.05) is 5.32 Å². The summed E-state index contributed by atoms with van der Waals surface area (Å²) in [4.78, 5) is 27.7. The molecule has 0 aliphatic carbocycles. The second kappa shape index (κ2) is 7.32. The number of anilines is 1. The lowest BCUT2D eigenvalue weighted by atomic mass is 10.1. The molecule has 1 heterocycles. The number of nitrogens with zero attached hydrogens (tertiary/aromatic N) is 1. The molecule has 126 valence electrons. The maximum absolute atomic E-state index is 12.4. The van der Waals surface area contributed by atoms with Crippen molar-refractivity contribution in [1.29, 1.82) is 0 Å². The molecule has 0 bridgehead atoms. The molecule has 2 amide bonds. The van der Waals surface area contributed by atoms with Crippen molar-refractivity contribution >= 4 is 39.9 Å². The van der Waals surface area contributed by atoms with E-state index in [0.29, 0.717) is 17.4 Å². The molecule has 0 unspecified atom stereocenters. The average molecular weight is 354 g/mol. The normalized spacial score (nSPS) is 10.5. The summed E-state index contributed by atoms with van der Waals surface area (Å²) in [7, 11) is 0. The Morgan fingerprint density at radius 1 is 1.08 bits per heavy atom. The number of carbonyl (C=O) groups excluding carboxylic acids is 2. The Balaban J connectivity index is 1.74. The van der Waals surface area contributed by atoms with Gasteiger partial charge < -0.3 is 10.6 Å². The van der Waals surface area contributed by atoms with E-state index in [4.69, 9.17) is 11.6 Å². The minimum Gasteiger partial charge on any atom is -0.347 e. The van der Waals surface area contributed by atoms with Crippen LogP contribution in [0.3, 0.4) is 0 Å². The predicted molar refractivity (Wildman–Crippen MR) is 98.7 cm³/mol. The fourth-order valence-electron chi connectivity index (χ4n) is 2.51. The van der Waals surface area contributed by atoms with Gasteiger partial charge in [-0.25, -0.2) is 4.98 Å². The van der Waals surface area contributed by atoms with Crippen LogP contribution in [0.1, 0.15) is 23.0 Å². The SMILES string of the molecule is CC(=O)Nc1cccc(CNC(=O)c2cc3ccccc3c(Cl)n2)c1. The van der Waals surface area contributed by atoms with Gasteiger partial charge in [0.25, 0.3) is 5.91 Å². The van der Waals surface area contributed by atoms with Gasteiger partial charge in [0.1, 0.15) is 10.8 Å². The molecule has 0 saturated carbocycles. The number of halogens is 1. The molecule has 3 rings (SSSR count). The summed E-state index contributed by atoms with van der Waals surface area (Å²) in [6.45, 7) is 1.77. The van der Waals surface area contributed by atoms with E-state index in [-0.39, 0.29) is 17.5 Å². The summed E-state index contributed by atoms with van der Waals surface area (Å²) in [5.41, 5.74) is 1.82. The Morgan fingerprint density at radius 2 is 1.88 bits per heavy atom. The van der Waals surface area contributed by atoms with E-state index in [2.05, 4.69) is 15.6 Å². The second-order valence-electron chi connectivity index (χ2n) is 5.58. The van der Waals surface area contributed by atoms with Gasteiger partial charge in [-0.3, -0.25) is 9.59 Å². The van der Waals surface area contributed by atoms with Crippen molar-refractivity contribution in [2.45, 2.75) is 13.5 Å². The molecule has 2 N–H and O–H groups in total. The first-order valence-corrected chi connectivity index (χ1v) is 8.11. The van der Waals surface area contributed by atoms with Gasteiger partial charge in [0.05, 0.1) is 0 Å². The number of hydrogen-bond donors (Lipinski definition) is 2. The Hall–Kier alpha value is -2.92. The molecule has 1 aromatic heterocycles. The first-order chi connectivity index (χ1) is 12.0. The van der Waals surface area contributed by atoms with Crippen LogP contribution in [-0.2, 0) is 11.3 Å². The lowest BCUT2D eigenvalue weighted by molar-refractivity contribution is -0.114. The summed E-state index contributed by atoms with van der Waals surface area (Å²) in [6, 6.07) is 16.5. The van der Waals surface area contributed by atoms with Crippen molar-refractivity contribution in [2.24, 2.45) is 0 Å². The molecule has 0 spiro atoms. The molecule has 2 aromatic carbocycles. The number of fused-ring (bicyclic) bond motifs is 1. The van der Waals surface area contributed by atoms with Crippen molar-refractivity contribution in [3.8, 4) is 0 Å². The molecule has 0 atom stereocenters. The number of nitrogens with one attached hydrogen (secondary N) is 2. The number of pyridine rings is 1. The lowest BCUT2D eigenvalue weighted by Gasteiger charge is -2.08. The first kappa shape index (κ1) is 16.9. The monoisotopic (exact) mass is 353 g/mol. The molecule has 25 heavy (non-hydrogen) atoms. The van der Waals surface area contributed by atoms with Gasteiger partial charge >= 0.3 is 0 Å². The van der Waals surface area contributed by atoms with Crippen molar-refractivity contribution in [1.82, 2.24) is 10.3 Å². The zero-order chi connectivity index (χ0) is 17.8. The van der Waals surface area contributed by atoms with Crippen molar-refractivity contribution in [3.63, 3.8) is 0 Å². The molecule has 0 radical (unpaired) electrons. The Kier molecular flexibility index (Phi) is 4.95. The smallest absolute Gasteiger partial charge is 0.270 e. The highest BCUT2D eigenvalue weighted by Crippen LogP contribution is 2.22. The summed E-state index contributed by atoms with van der Waals surface area (Å²) >= 11 is 6.16. The summed E-state index contributed by atoms with van der Waals surface area (Å²) in [5.74, 6) is -0.450. The van der Waals surface area contributed by atoms with Gasteiger partial charge in [-0.05, 0) is 29.1 Å². The Bertz CT molecular complexity index is 956. The van der Waals surface area contributed by atoms with Gasteiger partial charge in [-0.2, -0.15) is 0 Å². The van der Waals surface area contributed by atoms with Gasteiger partial charge in [-0.1, -0.05) is 48.0 Å². The third-order valence-corrected chi connectivity index (χ3v) is 3.92. The van der Waals surface area contributed by atoms with Crippen LogP contribution in [0.2, 0.25) is 5.15 Å². The molecule has 0 fully saturated rings. The maximum Gasteiger partial charge on any atom is 0.270 e. The van der Waals surface area contributed by atoms with E-state index in [1.54, 1.807) is 12.1 Å². The van der Waals surface area contributed by atoms with Crippen LogP contribution >= 0.6 is 11.6 Å². The minimum absolute atomic E-state index is 0.142. The largest absolute Gasteiger partial charge is 0.347 e. The van der Waals surface area contributed by atoms with Crippen LogP contribution in [0.25, 0.3) is 10.8 Å². The van der Waals surface area contributed by atoms with Crippen LogP contribution in [0, 0.1) is 0 Å². The molecular weight excluding hydrogens is 338 g/mol. The second-order valence-corrected chi connectivity index (χ2v) is 5.94. The van der Waals surface area contributed by atoms with Gasteiger partial charge in [0.2, 0.25) is 5.91 Å². The molecule has 3 aromatic rings. The third-order valence-electron chi connectivity index (χ3n) is 3.63. The average Bonchev–Trinajstić information content (AvgIpc) is 2.59. The summed E-state index contributed by atoms with van der Waals surface area (Å²) in [6.07, 6.45) is 0. The van der Waals surface area contributed by atoms with E-state index in [0.717, 1.165) is 16.3 Å². The molecule has 5 nitrogen and oxygen atoms in total. The number of aromatic nitrogens is 1. The van der Waals surface area contributed by atoms with Crippen molar-refractivity contribution in [3.05, 3.63) is 71.0 Å². The summed E-state index contributed by atoms with van der Waals surface area (Å²) in [5, 5.41) is 7.50. The highest BCUT2D eigenvalue weighted by atomic mass is 35.5. The molecular formula is C19H16ClN3O2. The standard InChI is InChI=1S/C19H16ClN3O2/c1-12(24)22-15-7-4-5-13(9-15)11-21-19(25)17-10-14-6-2-3-8-16(14)18(20)23-17/h2-10H,11H2,1H3,(H,21,25)(H,22,24). The predicted octanol–water partition coefficient (Wildman–Crippen LogP) is 3.78. The van der Waals surface area contributed by atoms with Gasteiger partial charge in [0, 0.05) is 24.5 Å². The number of rotatable bonds is 4. The zero-order valence-corrected chi connectivity index (χ0v) is 14.3. The number of hydrogen-bond acceptors (Lipinski definition) is 3. The molecule has 6 heteroatoms. The van der Waals surface area contributed by atoms with Crippen LogP contribution in [-0.4, -0.2) is 16.8 Å². The van der Waals surface area contributed by atoms with Crippen LogP contribution < -0.4 is 10.6 Å². The highest BCUT2D eigenvalue weighted by molar-refractivity contribution is 6.34. The fraction of sp³-hybridized carbons (Fsp3) is 0.105. The zero-order valence-electron chi connectivity index (χ0n) is 13.5. The molecule has 0 aliphatic rings. The summed E-state index contributed by atoms with van der Waals surface area (Å²) < 4.78 is 0. The van der Waals surface area contributed by atoms with Gasteiger partial charge in [0.15, 0.2) is 0 Å². The fourth-order valence-corrected chi connectivity index (χ4v) is 2.77. The van der Waals surface area contributed by atoms with Gasteiger partial charge in [-0.15, -0.1) is 0 Å². The van der Waals surface area contributed by atoms with E-state index in [9.17, 15) is 9.59 Å². The topological polar surface area (TPSA) is 71.1 Å². The number of amides is 2. The Labute approximate surface area is 150 Å². The van der Waals surface area contributed by atoms with E-state index >= 15 is 0 Å². The van der Waals surface area contributed by atoms with E-state index < -0.39 is 0 Å². The highest BCUT2D eigenvalue weighted by Gasteiger charge is 2.11. The maximum atomic E-state index is 12.4. The lowest BCUT2D eigenvalue weighted by Crippen LogP contribution is -2.24. The minimum atomic E-state index is -0.308. The van der Waals surface area contributed by atoms with Crippen LogP contribution in [0.15, 0.2) is 54.6 Å². The van der Waals surface area contributed by atoms with Crippen molar-refractivity contribution < 1.29 is 9.59 Å². The quantitative estimate of drug-likeness (QED) is 0.701. The van der Waals surface area contributed by atoms with Crippen LogP contribution in [0.4, 0.5) is 5.69 Å². The number of benzene rings is 2. The number of carbonyl (C=O) groups is 2.